The van der Waals surface area contributed by atoms with Crippen LogP contribution in [0, 0.1) is 0 Å². The van der Waals surface area contributed by atoms with Crippen molar-refractivity contribution in [2.75, 3.05) is 0 Å². The molecule has 10 aromatic rings. The SMILES string of the molecule is c1ccc(-c2cccc(-c3ccc4ccc5c(-n6c7ccccc7c7cccnc76)nc(-c6cccc(-c7ccccc7)c6)nc5c4n3)c2)cc1. The van der Waals surface area contributed by atoms with E-state index in [1.807, 2.05) is 24.4 Å². The molecular weight excluding hydrogens is 623 g/mol. The quantitative estimate of drug-likeness (QED) is 0.174. The number of fused-ring (bicyclic) bond motifs is 6. The highest BCUT2D eigenvalue weighted by Gasteiger charge is 2.20. The summed E-state index contributed by atoms with van der Waals surface area (Å²) in [5, 5.41) is 4.12. The Kier molecular flexibility index (Phi) is 6.74. The molecule has 0 aliphatic heterocycles. The molecule has 0 saturated carbocycles. The normalized spacial score (nSPS) is 11.5. The average molecular weight is 652 g/mol. The summed E-state index contributed by atoms with van der Waals surface area (Å²) in [7, 11) is 0. The molecule has 51 heavy (non-hydrogen) atoms. The van der Waals surface area contributed by atoms with Gasteiger partial charge >= 0.3 is 0 Å². The van der Waals surface area contributed by atoms with Crippen LogP contribution >= 0.6 is 0 Å². The Morgan fingerprint density at radius 3 is 1.80 bits per heavy atom. The van der Waals surface area contributed by atoms with Crippen molar-refractivity contribution >= 4 is 43.7 Å². The van der Waals surface area contributed by atoms with E-state index in [9.17, 15) is 0 Å². The summed E-state index contributed by atoms with van der Waals surface area (Å²) in [6, 6.07) is 58.9. The fourth-order valence-corrected chi connectivity index (χ4v) is 7.19. The summed E-state index contributed by atoms with van der Waals surface area (Å²) < 4.78 is 2.18. The zero-order valence-electron chi connectivity index (χ0n) is 27.5. The van der Waals surface area contributed by atoms with Crippen molar-refractivity contribution in [1.29, 1.82) is 0 Å². The topological polar surface area (TPSA) is 56.5 Å². The molecule has 4 aromatic heterocycles. The van der Waals surface area contributed by atoms with Crippen molar-refractivity contribution in [3.8, 4) is 50.7 Å². The third kappa shape index (κ3) is 4.94. The van der Waals surface area contributed by atoms with Crippen LogP contribution in [0.3, 0.4) is 0 Å². The standard InChI is InChI=1S/C46H29N5/c1-3-12-30(13-4-1)33-16-9-18-35(28-33)40-26-24-32-23-25-39-43(42(32)48-40)49-44(36-19-10-17-34(29-36)31-14-5-2-6-15-31)50-46(39)51-41-22-8-7-20-37(41)38-21-11-27-47-45(38)51/h1-29H. The number of hydrogen-bond acceptors (Lipinski definition) is 4. The second-order valence-electron chi connectivity index (χ2n) is 12.7. The number of para-hydroxylation sites is 1. The molecule has 238 valence electrons. The van der Waals surface area contributed by atoms with Gasteiger partial charge < -0.3 is 0 Å². The predicted molar refractivity (Wildman–Crippen MR) is 209 cm³/mol. The van der Waals surface area contributed by atoms with Gasteiger partial charge in [0.2, 0.25) is 0 Å². The lowest BCUT2D eigenvalue weighted by molar-refractivity contribution is 1.06. The lowest BCUT2D eigenvalue weighted by atomic mass is 10.0. The third-order valence-corrected chi connectivity index (χ3v) is 9.64. The van der Waals surface area contributed by atoms with Gasteiger partial charge in [-0.1, -0.05) is 127 Å². The van der Waals surface area contributed by atoms with E-state index in [2.05, 4.69) is 156 Å². The molecule has 0 aliphatic rings. The summed E-state index contributed by atoms with van der Waals surface area (Å²) in [6.45, 7) is 0. The Morgan fingerprint density at radius 1 is 0.392 bits per heavy atom. The maximum absolute atomic E-state index is 5.37. The maximum atomic E-state index is 5.37. The van der Waals surface area contributed by atoms with Crippen LogP contribution in [0.2, 0.25) is 0 Å². The molecule has 5 heteroatoms. The van der Waals surface area contributed by atoms with E-state index in [-0.39, 0.29) is 0 Å². The van der Waals surface area contributed by atoms with Gasteiger partial charge in [0.25, 0.3) is 0 Å². The Hall–Kier alpha value is -6.98. The number of pyridine rings is 2. The Bertz CT molecular complexity index is 2860. The van der Waals surface area contributed by atoms with E-state index in [1.165, 1.54) is 5.56 Å². The molecule has 0 aliphatic carbocycles. The second kappa shape index (κ2) is 11.9. The van der Waals surface area contributed by atoms with Crippen molar-refractivity contribution in [2.24, 2.45) is 0 Å². The molecule has 0 spiro atoms. The van der Waals surface area contributed by atoms with Crippen LogP contribution in [0.15, 0.2) is 176 Å². The first-order valence-corrected chi connectivity index (χ1v) is 17.1. The van der Waals surface area contributed by atoms with Gasteiger partial charge in [0.05, 0.1) is 16.7 Å². The highest BCUT2D eigenvalue weighted by molar-refractivity contribution is 6.11. The van der Waals surface area contributed by atoms with E-state index in [0.29, 0.717) is 5.82 Å². The number of benzene rings is 6. The summed E-state index contributed by atoms with van der Waals surface area (Å²) in [5.41, 5.74) is 10.9. The van der Waals surface area contributed by atoms with E-state index in [0.717, 1.165) is 83.1 Å². The first kappa shape index (κ1) is 29.0. The van der Waals surface area contributed by atoms with Gasteiger partial charge in [-0.05, 0) is 64.7 Å². The van der Waals surface area contributed by atoms with Crippen molar-refractivity contribution in [3.63, 3.8) is 0 Å². The maximum Gasteiger partial charge on any atom is 0.162 e. The molecule has 0 bridgehead atoms. The predicted octanol–water partition coefficient (Wildman–Crippen LogP) is 11.3. The number of aromatic nitrogens is 5. The largest absolute Gasteiger partial charge is 0.277 e. The summed E-state index contributed by atoms with van der Waals surface area (Å²) in [5.74, 6) is 1.40. The second-order valence-corrected chi connectivity index (χ2v) is 12.7. The molecule has 0 amide bonds. The van der Waals surface area contributed by atoms with Crippen molar-refractivity contribution < 1.29 is 0 Å². The average Bonchev–Trinajstić information content (AvgIpc) is 3.55. The van der Waals surface area contributed by atoms with Gasteiger partial charge in [-0.15, -0.1) is 0 Å². The van der Waals surface area contributed by atoms with Gasteiger partial charge in [0.15, 0.2) is 11.6 Å². The molecular formula is C46H29N5. The summed E-state index contributed by atoms with van der Waals surface area (Å²) in [6.07, 6.45) is 1.85. The molecule has 5 nitrogen and oxygen atoms in total. The minimum absolute atomic E-state index is 0.628. The first-order chi connectivity index (χ1) is 25.3. The van der Waals surface area contributed by atoms with Crippen LogP contribution in [-0.2, 0) is 0 Å². The smallest absolute Gasteiger partial charge is 0.162 e. The highest BCUT2D eigenvalue weighted by Crippen LogP contribution is 2.37. The van der Waals surface area contributed by atoms with E-state index in [1.54, 1.807) is 0 Å². The van der Waals surface area contributed by atoms with Gasteiger partial charge in [0, 0.05) is 38.9 Å². The minimum atomic E-state index is 0.628. The molecule has 4 heterocycles. The van der Waals surface area contributed by atoms with Crippen LogP contribution in [0.5, 0.6) is 0 Å². The molecule has 0 fully saturated rings. The van der Waals surface area contributed by atoms with E-state index >= 15 is 0 Å². The van der Waals surface area contributed by atoms with Gasteiger partial charge in [-0.25, -0.2) is 19.9 Å². The van der Waals surface area contributed by atoms with Crippen LogP contribution in [0.1, 0.15) is 0 Å². The molecule has 0 unspecified atom stereocenters. The fraction of sp³-hybridized carbons (Fsp3) is 0. The van der Waals surface area contributed by atoms with Crippen molar-refractivity contribution in [1.82, 2.24) is 24.5 Å². The number of rotatable bonds is 5. The number of nitrogens with zero attached hydrogens (tertiary/aromatic N) is 5. The minimum Gasteiger partial charge on any atom is -0.277 e. The zero-order chi connectivity index (χ0) is 33.7. The first-order valence-electron chi connectivity index (χ1n) is 17.1. The van der Waals surface area contributed by atoms with Crippen LogP contribution in [0.25, 0.3) is 94.5 Å². The van der Waals surface area contributed by atoms with Crippen LogP contribution in [-0.4, -0.2) is 24.5 Å². The molecule has 0 radical (unpaired) electrons. The summed E-state index contributed by atoms with van der Waals surface area (Å²) >= 11 is 0. The summed E-state index contributed by atoms with van der Waals surface area (Å²) in [4.78, 5) is 20.9. The lowest BCUT2D eigenvalue weighted by Crippen LogP contribution is -2.04. The Morgan fingerprint density at radius 2 is 1.02 bits per heavy atom. The molecule has 10 rings (SSSR count). The highest BCUT2D eigenvalue weighted by atomic mass is 15.1. The van der Waals surface area contributed by atoms with Crippen LogP contribution < -0.4 is 0 Å². The molecule has 6 aromatic carbocycles. The molecule has 0 saturated heterocycles. The molecule has 0 N–H and O–H groups in total. The van der Waals surface area contributed by atoms with Gasteiger partial charge in [-0.2, -0.15) is 0 Å². The van der Waals surface area contributed by atoms with E-state index in [4.69, 9.17) is 19.9 Å². The number of hydrogen-bond donors (Lipinski definition) is 0. The zero-order valence-corrected chi connectivity index (χ0v) is 27.5. The fourth-order valence-electron chi connectivity index (χ4n) is 7.19. The van der Waals surface area contributed by atoms with Gasteiger partial charge in [0.1, 0.15) is 11.2 Å². The molecule has 0 atom stereocenters. The Labute approximate surface area is 294 Å². The van der Waals surface area contributed by atoms with Crippen molar-refractivity contribution in [3.05, 3.63) is 176 Å². The monoisotopic (exact) mass is 651 g/mol. The third-order valence-electron chi connectivity index (χ3n) is 9.64. The van der Waals surface area contributed by atoms with Crippen molar-refractivity contribution in [2.45, 2.75) is 0 Å². The Balaban J connectivity index is 1.25. The van der Waals surface area contributed by atoms with Gasteiger partial charge in [-0.3, -0.25) is 4.57 Å². The van der Waals surface area contributed by atoms with E-state index < -0.39 is 0 Å². The van der Waals surface area contributed by atoms with Crippen LogP contribution in [0.4, 0.5) is 0 Å². The lowest BCUT2D eigenvalue weighted by Gasteiger charge is -2.14.